The molecule has 1 unspecified atom stereocenters. The van der Waals surface area contributed by atoms with Crippen LogP contribution in [-0.2, 0) is 4.79 Å². The van der Waals surface area contributed by atoms with Gasteiger partial charge in [-0.15, -0.1) is 0 Å². The number of carboxylic acid groups (broad SMARTS) is 1. The summed E-state index contributed by atoms with van der Waals surface area (Å²) < 4.78 is 1.01. The summed E-state index contributed by atoms with van der Waals surface area (Å²) in [5.74, 6) is -1.31. The van der Waals surface area contributed by atoms with Gasteiger partial charge in [-0.25, -0.2) is 9.78 Å². The third kappa shape index (κ3) is 2.97. The number of carboxylic acids is 1. The van der Waals surface area contributed by atoms with Crippen molar-refractivity contribution in [3.05, 3.63) is 24.3 Å². The summed E-state index contributed by atoms with van der Waals surface area (Å²) in [5.41, 5.74) is 0.847. The largest absolute Gasteiger partial charge is 0.481 e. The first kappa shape index (κ1) is 13.8. The minimum Gasteiger partial charge on any atom is -0.481 e. The Labute approximate surface area is 125 Å². The van der Waals surface area contributed by atoms with Gasteiger partial charge in [0.15, 0.2) is 5.13 Å². The number of para-hydroxylation sites is 1. The van der Waals surface area contributed by atoms with Crippen LogP contribution in [0.3, 0.4) is 0 Å². The first-order valence-electron chi connectivity index (χ1n) is 6.78. The zero-order valence-corrected chi connectivity index (χ0v) is 12.1. The predicted octanol–water partition coefficient (Wildman–Crippen LogP) is 2.62. The Hall–Kier alpha value is -2.15. The summed E-state index contributed by atoms with van der Waals surface area (Å²) in [7, 11) is 0. The number of urea groups is 1. The number of likely N-dealkylation sites (tertiary alicyclic amines) is 1. The Morgan fingerprint density at radius 1 is 1.38 bits per heavy atom. The van der Waals surface area contributed by atoms with Crippen molar-refractivity contribution in [2.45, 2.75) is 12.8 Å². The molecule has 1 aliphatic heterocycles. The Morgan fingerprint density at radius 2 is 2.19 bits per heavy atom. The van der Waals surface area contributed by atoms with E-state index in [2.05, 4.69) is 10.3 Å². The molecule has 3 rings (SSSR count). The van der Waals surface area contributed by atoms with E-state index in [1.165, 1.54) is 11.3 Å². The molecule has 0 bridgehead atoms. The molecule has 2 amide bonds. The number of amides is 2. The number of thiazole rings is 1. The van der Waals surface area contributed by atoms with Crippen molar-refractivity contribution in [1.29, 1.82) is 0 Å². The normalized spacial score (nSPS) is 18.7. The van der Waals surface area contributed by atoms with Gasteiger partial charge in [0.2, 0.25) is 0 Å². The third-order valence-electron chi connectivity index (χ3n) is 3.57. The maximum Gasteiger partial charge on any atom is 0.323 e. The van der Waals surface area contributed by atoms with Gasteiger partial charge in [0.25, 0.3) is 0 Å². The van der Waals surface area contributed by atoms with Gasteiger partial charge in [0, 0.05) is 13.1 Å². The minimum absolute atomic E-state index is 0.256. The highest BCUT2D eigenvalue weighted by Crippen LogP contribution is 2.26. The lowest BCUT2D eigenvalue weighted by Gasteiger charge is -2.30. The van der Waals surface area contributed by atoms with Gasteiger partial charge >= 0.3 is 12.0 Å². The summed E-state index contributed by atoms with van der Waals surface area (Å²) >= 11 is 1.41. The van der Waals surface area contributed by atoms with Crippen molar-refractivity contribution in [2.24, 2.45) is 5.92 Å². The summed E-state index contributed by atoms with van der Waals surface area (Å²) in [6, 6.07) is 7.39. The summed E-state index contributed by atoms with van der Waals surface area (Å²) in [6.07, 6.45) is 1.34. The summed E-state index contributed by atoms with van der Waals surface area (Å²) in [5, 5.41) is 12.4. The van der Waals surface area contributed by atoms with E-state index in [1.54, 1.807) is 4.90 Å². The molecule has 2 aromatic rings. The molecule has 2 heterocycles. The van der Waals surface area contributed by atoms with Gasteiger partial charge < -0.3 is 10.0 Å². The SMILES string of the molecule is O=C(O)C1CCCN(C(=O)Nc2nc3ccccc3s2)C1. The average molecular weight is 305 g/mol. The van der Waals surface area contributed by atoms with E-state index < -0.39 is 11.9 Å². The fraction of sp³-hybridized carbons (Fsp3) is 0.357. The maximum atomic E-state index is 12.2. The van der Waals surface area contributed by atoms with Crippen molar-refractivity contribution in [1.82, 2.24) is 9.88 Å². The van der Waals surface area contributed by atoms with Crippen LogP contribution in [0.1, 0.15) is 12.8 Å². The number of carbonyl (C=O) groups is 2. The van der Waals surface area contributed by atoms with Gasteiger partial charge in [0.1, 0.15) is 0 Å². The highest BCUT2D eigenvalue weighted by atomic mass is 32.1. The van der Waals surface area contributed by atoms with Crippen LogP contribution in [0.15, 0.2) is 24.3 Å². The summed E-state index contributed by atoms with van der Waals surface area (Å²) in [6.45, 7) is 0.840. The molecule has 2 N–H and O–H groups in total. The van der Waals surface area contributed by atoms with Gasteiger partial charge in [-0.3, -0.25) is 10.1 Å². The molecule has 1 atom stereocenters. The Balaban J connectivity index is 1.69. The topological polar surface area (TPSA) is 82.5 Å². The van der Waals surface area contributed by atoms with Crippen molar-refractivity contribution < 1.29 is 14.7 Å². The number of piperidine rings is 1. The van der Waals surface area contributed by atoms with E-state index in [1.807, 2.05) is 24.3 Å². The van der Waals surface area contributed by atoms with Crippen molar-refractivity contribution >= 4 is 38.7 Å². The molecule has 7 heteroatoms. The van der Waals surface area contributed by atoms with Crippen LogP contribution in [-0.4, -0.2) is 40.1 Å². The molecule has 0 radical (unpaired) electrons. The second-order valence-corrected chi connectivity index (χ2v) is 6.07. The number of anilines is 1. The van der Waals surface area contributed by atoms with Gasteiger partial charge in [0.05, 0.1) is 16.1 Å². The lowest BCUT2D eigenvalue weighted by Crippen LogP contribution is -2.44. The fourth-order valence-electron chi connectivity index (χ4n) is 2.46. The smallest absolute Gasteiger partial charge is 0.323 e. The van der Waals surface area contributed by atoms with Gasteiger partial charge in [-0.1, -0.05) is 23.5 Å². The van der Waals surface area contributed by atoms with E-state index in [4.69, 9.17) is 5.11 Å². The summed E-state index contributed by atoms with van der Waals surface area (Å²) in [4.78, 5) is 29.1. The van der Waals surface area contributed by atoms with Crippen molar-refractivity contribution in [2.75, 3.05) is 18.4 Å². The number of fused-ring (bicyclic) bond motifs is 1. The number of hydrogen-bond donors (Lipinski definition) is 2. The molecule has 0 aliphatic carbocycles. The fourth-order valence-corrected chi connectivity index (χ4v) is 3.31. The molecule has 1 saturated heterocycles. The third-order valence-corrected chi connectivity index (χ3v) is 4.52. The standard InChI is InChI=1S/C14H15N3O3S/c18-12(19)9-4-3-7-17(8-9)14(20)16-13-15-10-5-1-2-6-11(10)21-13/h1-2,5-6,9H,3-4,7-8H2,(H,18,19)(H,15,16,20). The quantitative estimate of drug-likeness (QED) is 0.893. The van der Waals surface area contributed by atoms with Gasteiger partial charge in [-0.2, -0.15) is 0 Å². The number of benzene rings is 1. The van der Waals surface area contributed by atoms with Crippen LogP contribution in [0, 0.1) is 5.92 Å². The molecule has 1 fully saturated rings. The highest BCUT2D eigenvalue weighted by molar-refractivity contribution is 7.22. The molecule has 0 saturated carbocycles. The minimum atomic E-state index is -0.840. The number of carbonyl (C=O) groups excluding carboxylic acids is 1. The van der Waals surface area contributed by atoms with E-state index in [0.717, 1.165) is 10.2 Å². The lowest BCUT2D eigenvalue weighted by atomic mass is 9.99. The number of nitrogens with one attached hydrogen (secondary N) is 1. The number of rotatable bonds is 2. The Kier molecular flexibility index (Phi) is 3.74. The monoisotopic (exact) mass is 305 g/mol. The Bertz CT molecular complexity index is 652. The van der Waals surface area contributed by atoms with Crippen LogP contribution >= 0.6 is 11.3 Å². The molecular formula is C14H15N3O3S. The maximum absolute atomic E-state index is 12.2. The average Bonchev–Trinajstić information content (AvgIpc) is 2.89. The first-order chi connectivity index (χ1) is 10.1. The van der Waals surface area contributed by atoms with Crippen LogP contribution in [0.25, 0.3) is 10.2 Å². The molecule has 21 heavy (non-hydrogen) atoms. The zero-order chi connectivity index (χ0) is 14.8. The molecule has 110 valence electrons. The molecule has 6 nitrogen and oxygen atoms in total. The van der Waals surface area contributed by atoms with Crippen LogP contribution in [0.4, 0.5) is 9.93 Å². The molecule has 1 aromatic carbocycles. The van der Waals surface area contributed by atoms with E-state index in [0.29, 0.717) is 24.5 Å². The molecule has 0 spiro atoms. The van der Waals surface area contributed by atoms with Gasteiger partial charge in [-0.05, 0) is 25.0 Å². The van der Waals surface area contributed by atoms with E-state index in [9.17, 15) is 9.59 Å². The first-order valence-corrected chi connectivity index (χ1v) is 7.59. The lowest BCUT2D eigenvalue weighted by molar-refractivity contribution is -0.143. The van der Waals surface area contributed by atoms with Crippen molar-refractivity contribution in [3.8, 4) is 0 Å². The Morgan fingerprint density at radius 3 is 2.95 bits per heavy atom. The molecular weight excluding hydrogens is 290 g/mol. The second kappa shape index (κ2) is 5.69. The van der Waals surface area contributed by atoms with Crippen molar-refractivity contribution in [3.63, 3.8) is 0 Å². The predicted molar refractivity (Wildman–Crippen MR) is 80.6 cm³/mol. The van der Waals surface area contributed by atoms with Crippen LogP contribution in [0.2, 0.25) is 0 Å². The highest BCUT2D eigenvalue weighted by Gasteiger charge is 2.28. The van der Waals surface area contributed by atoms with E-state index in [-0.39, 0.29) is 12.6 Å². The van der Waals surface area contributed by atoms with Crippen LogP contribution in [0.5, 0.6) is 0 Å². The zero-order valence-electron chi connectivity index (χ0n) is 11.3. The molecule has 1 aliphatic rings. The number of aromatic nitrogens is 1. The number of aliphatic carboxylic acids is 1. The number of hydrogen-bond acceptors (Lipinski definition) is 4. The molecule has 1 aromatic heterocycles. The second-order valence-electron chi connectivity index (χ2n) is 5.04. The number of nitrogens with zero attached hydrogens (tertiary/aromatic N) is 2. The van der Waals surface area contributed by atoms with E-state index >= 15 is 0 Å². The van der Waals surface area contributed by atoms with Crippen LogP contribution < -0.4 is 5.32 Å².